The van der Waals surface area contributed by atoms with Crippen molar-refractivity contribution in [3.05, 3.63) is 98.3 Å². The summed E-state index contributed by atoms with van der Waals surface area (Å²) in [4.78, 5) is 31.7. The SMILES string of the molecule is NC(=O)c1c(-c2ccc(Cl)cc2)csc1NC(=O)c1sc2nc3c(cc2c1N)CC(c1ccccc1)CC3. The maximum absolute atomic E-state index is 13.4. The Bertz CT molecular complexity index is 1690. The second-order valence-corrected chi connectivity index (χ2v) is 11.6. The molecule has 2 amide bonds. The minimum absolute atomic E-state index is 0.255. The van der Waals surface area contributed by atoms with Crippen molar-refractivity contribution in [1.29, 1.82) is 0 Å². The maximum Gasteiger partial charge on any atom is 0.268 e. The van der Waals surface area contributed by atoms with Crippen molar-refractivity contribution in [1.82, 2.24) is 4.98 Å². The number of aryl methyl sites for hydroxylation is 1. The monoisotopic (exact) mass is 558 g/mol. The number of thiophene rings is 2. The first-order valence-corrected chi connectivity index (χ1v) is 14.2. The molecule has 2 aromatic carbocycles. The number of pyridine rings is 1. The molecule has 3 aromatic heterocycles. The third kappa shape index (κ3) is 4.45. The van der Waals surface area contributed by atoms with Gasteiger partial charge in [-0.15, -0.1) is 22.7 Å². The van der Waals surface area contributed by atoms with Gasteiger partial charge in [-0.3, -0.25) is 9.59 Å². The summed E-state index contributed by atoms with van der Waals surface area (Å²) in [6.07, 6.45) is 2.81. The van der Waals surface area contributed by atoms with Crippen LogP contribution in [0.15, 0.2) is 66.0 Å². The molecule has 0 radical (unpaired) electrons. The fraction of sp³-hybridized carbons (Fsp3) is 0.138. The minimum Gasteiger partial charge on any atom is -0.397 e. The molecule has 9 heteroatoms. The molecule has 190 valence electrons. The topological polar surface area (TPSA) is 111 Å². The van der Waals surface area contributed by atoms with Crippen LogP contribution in [0.3, 0.4) is 0 Å². The van der Waals surface area contributed by atoms with Crippen molar-refractivity contribution >= 4 is 67.0 Å². The average Bonchev–Trinajstić information content (AvgIpc) is 3.49. The van der Waals surface area contributed by atoms with Crippen LogP contribution in [0.2, 0.25) is 5.02 Å². The predicted molar refractivity (Wildman–Crippen MR) is 156 cm³/mol. The Morgan fingerprint density at radius 1 is 1.08 bits per heavy atom. The zero-order valence-corrected chi connectivity index (χ0v) is 22.6. The number of nitrogen functional groups attached to an aromatic ring is 1. The van der Waals surface area contributed by atoms with E-state index in [0.29, 0.717) is 32.1 Å². The number of fused-ring (bicyclic) bond motifs is 2. The van der Waals surface area contributed by atoms with Crippen LogP contribution < -0.4 is 16.8 Å². The van der Waals surface area contributed by atoms with Gasteiger partial charge < -0.3 is 16.8 Å². The van der Waals surface area contributed by atoms with E-state index in [0.717, 1.165) is 40.7 Å². The normalized spacial score (nSPS) is 14.8. The number of benzene rings is 2. The highest BCUT2D eigenvalue weighted by molar-refractivity contribution is 7.21. The number of nitrogens with two attached hydrogens (primary N) is 2. The van der Waals surface area contributed by atoms with E-state index < -0.39 is 11.8 Å². The number of carbonyl (C=O) groups excluding carboxylic acids is 2. The van der Waals surface area contributed by atoms with Gasteiger partial charge in [0.15, 0.2) is 0 Å². The van der Waals surface area contributed by atoms with Crippen molar-refractivity contribution < 1.29 is 9.59 Å². The summed E-state index contributed by atoms with van der Waals surface area (Å²) in [7, 11) is 0. The largest absolute Gasteiger partial charge is 0.397 e. The first-order valence-electron chi connectivity index (χ1n) is 12.1. The molecule has 0 spiro atoms. The number of carbonyl (C=O) groups is 2. The summed E-state index contributed by atoms with van der Waals surface area (Å²) >= 11 is 8.51. The van der Waals surface area contributed by atoms with Crippen LogP contribution in [-0.2, 0) is 12.8 Å². The van der Waals surface area contributed by atoms with E-state index in [1.807, 2.05) is 18.2 Å². The van der Waals surface area contributed by atoms with E-state index in [2.05, 4.69) is 35.6 Å². The number of primary amides is 1. The van der Waals surface area contributed by atoms with Crippen molar-refractivity contribution in [2.45, 2.75) is 25.2 Å². The molecule has 1 atom stereocenters. The van der Waals surface area contributed by atoms with Gasteiger partial charge in [0.25, 0.3) is 11.8 Å². The highest BCUT2D eigenvalue weighted by atomic mass is 35.5. The van der Waals surface area contributed by atoms with Crippen LogP contribution in [0.5, 0.6) is 0 Å². The zero-order valence-electron chi connectivity index (χ0n) is 20.2. The smallest absolute Gasteiger partial charge is 0.268 e. The van der Waals surface area contributed by atoms with E-state index in [9.17, 15) is 9.59 Å². The van der Waals surface area contributed by atoms with E-state index >= 15 is 0 Å². The van der Waals surface area contributed by atoms with Gasteiger partial charge in [0.05, 0.1) is 11.3 Å². The Kier molecular flexibility index (Phi) is 6.39. The van der Waals surface area contributed by atoms with Gasteiger partial charge in [0, 0.05) is 27.0 Å². The van der Waals surface area contributed by atoms with Crippen molar-refractivity contribution in [3.63, 3.8) is 0 Å². The minimum atomic E-state index is -0.627. The van der Waals surface area contributed by atoms with E-state index in [-0.39, 0.29) is 5.56 Å². The third-order valence-electron chi connectivity index (χ3n) is 6.98. The van der Waals surface area contributed by atoms with Crippen LogP contribution in [0, 0.1) is 0 Å². The standard InChI is InChI=1S/C29H23ClN4O2S2/c30-19-9-6-16(7-10-19)21-14-37-29(23(21)26(32)35)34-27(36)25-24(31)20-13-18-12-17(15-4-2-1-3-5-15)8-11-22(18)33-28(20)38-25/h1-7,9-10,13-14,17H,8,11-12,31H2,(H2,32,35)(H,34,36). The molecule has 3 heterocycles. The van der Waals surface area contributed by atoms with Gasteiger partial charge in [0.1, 0.15) is 14.7 Å². The number of amides is 2. The van der Waals surface area contributed by atoms with Gasteiger partial charge in [-0.1, -0.05) is 54.1 Å². The van der Waals surface area contributed by atoms with E-state index in [1.165, 1.54) is 33.8 Å². The Labute approximate surface area is 232 Å². The van der Waals surface area contributed by atoms with E-state index in [1.54, 1.807) is 17.5 Å². The molecule has 0 saturated carbocycles. The highest BCUT2D eigenvalue weighted by Crippen LogP contribution is 2.40. The zero-order chi connectivity index (χ0) is 26.4. The van der Waals surface area contributed by atoms with Crippen LogP contribution in [-0.4, -0.2) is 16.8 Å². The molecular formula is C29H23ClN4O2S2. The second kappa shape index (κ2) is 9.87. The molecule has 0 fully saturated rings. The number of nitrogens with zero attached hydrogens (tertiary/aromatic N) is 1. The molecule has 1 aliphatic carbocycles. The molecule has 5 aromatic rings. The molecule has 6 nitrogen and oxygen atoms in total. The van der Waals surface area contributed by atoms with Crippen LogP contribution >= 0.6 is 34.3 Å². The highest BCUT2D eigenvalue weighted by Gasteiger charge is 2.26. The number of halogens is 1. The van der Waals surface area contributed by atoms with Gasteiger partial charge in [-0.2, -0.15) is 0 Å². The quantitative estimate of drug-likeness (QED) is 0.218. The lowest BCUT2D eigenvalue weighted by Gasteiger charge is -2.24. The van der Waals surface area contributed by atoms with Gasteiger partial charge >= 0.3 is 0 Å². The number of nitrogens with one attached hydrogen (secondary N) is 1. The fourth-order valence-electron chi connectivity index (χ4n) is 5.06. The average molecular weight is 559 g/mol. The summed E-state index contributed by atoms with van der Waals surface area (Å²) in [5, 5.41) is 6.41. The number of hydrogen-bond acceptors (Lipinski definition) is 6. The molecule has 5 N–H and O–H groups in total. The molecule has 38 heavy (non-hydrogen) atoms. The van der Waals surface area contributed by atoms with Crippen molar-refractivity contribution in [3.8, 4) is 11.1 Å². The van der Waals surface area contributed by atoms with Crippen molar-refractivity contribution in [2.75, 3.05) is 11.1 Å². The lowest BCUT2D eigenvalue weighted by molar-refractivity contribution is 0.100. The molecule has 0 aliphatic heterocycles. The van der Waals surface area contributed by atoms with Gasteiger partial charge in [-0.05, 0) is 60.1 Å². The molecule has 0 saturated heterocycles. The van der Waals surface area contributed by atoms with Crippen LogP contribution in [0.1, 0.15) is 49.2 Å². The number of rotatable bonds is 5. The molecule has 1 aliphatic rings. The van der Waals surface area contributed by atoms with Crippen LogP contribution in [0.25, 0.3) is 21.3 Å². The van der Waals surface area contributed by atoms with Gasteiger partial charge in [-0.25, -0.2) is 4.98 Å². The summed E-state index contributed by atoms with van der Waals surface area (Å²) in [6.45, 7) is 0. The summed E-state index contributed by atoms with van der Waals surface area (Å²) in [6, 6.07) is 19.7. The summed E-state index contributed by atoms with van der Waals surface area (Å²) in [5.74, 6) is -0.581. The number of hydrogen-bond donors (Lipinski definition) is 3. The first-order chi connectivity index (χ1) is 18.4. The van der Waals surface area contributed by atoms with Crippen molar-refractivity contribution in [2.24, 2.45) is 5.73 Å². The van der Waals surface area contributed by atoms with Crippen LogP contribution in [0.4, 0.5) is 10.7 Å². The predicted octanol–water partition coefficient (Wildman–Crippen LogP) is 6.88. The van der Waals surface area contributed by atoms with Gasteiger partial charge in [0.2, 0.25) is 0 Å². The number of aromatic nitrogens is 1. The molecule has 6 rings (SSSR count). The van der Waals surface area contributed by atoms with E-state index in [4.69, 9.17) is 28.1 Å². The second-order valence-electron chi connectivity index (χ2n) is 9.32. The molecular weight excluding hydrogens is 536 g/mol. The Morgan fingerprint density at radius 2 is 1.84 bits per heavy atom. The first kappa shape index (κ1) is 24.6. The Hall–Kier alpha value is -3.72. The molecule has 1 unspecified atom stereocenters. The summed E-state index contributed by atoms with van der Waals surface area (Å²) in [5.41, 5.74) is 17.9. The fourth-order valence-corrected chi connectivity index (χ4v) is 7.15. The lowest BCUT2D eigenvalue weighted by Crippen LogP contribution is -2.17. The Balaban J connectivity index is 1.30. The Morgan fingerprint density at radius 3 is 2.58 bits per heavy atom. The molecule has 0 bridgehead atoms. The lowest BCUT2D eigenvalue weighted by atomic mass is 9.82. The summed E-state index contributed by atoms with van der Waals surface area (Å²) < 4.78 is 0. The number of anilines is 2. The maximum atomic E-state index is 13.4. The third-order valence-corrected chi connectivity index (χ3v) is 9.24.